The number of hydrogen-bond acceptors (Lipinski definition) is 3. The van der Waals surface area contributed by atoms with Crippen molar-refractivity contribution in [2.45, 2.75) is 64.9 Å². The summed E-state index contributed by atoms with van der Waals surface area (Å²) in [5.41, 5.74) is 0. The maximum Gasteiger partial charge on any atom is 0.191 e. The van der Waals surface area contributed by atoms with E-state index in [1.54, 1.807) is 0 Å². The maximum absolute atomic E-state index is 5.86. The van der Waals surface area contributed by atoms with Crippen molar-refractivity contribution in [1.29, 1.82) is 0 Å². The van der Waals surface area contributed by atoms with E-state index in [1.165, 1.54) is 25.7 Å². The van der Waals surface area contributed by atoms with Gasteiger partial charge in [0.1, 0.15) is 0 Å². The average Bonchev–Trinajstić information content (AvgIpc) is 3.03. The molecule has 5 nitrogen and oxygen atoms in total. The highest BCUT2D eigenvalue weighted by Gasteiger charge is 2.14. The molecule has 0 aliphatic heterocycles. The molecule has 1 saturated carbocycles. The quantitative estimate of drug-likeness (QED) is 0.211. The van der Waals surface area contributed by atoms with Gasteiger partial charge in [-0.25, -0.2) is 0 Å². The van der Waals surface area contributed by atoms with Crippen LogP contribution in [0.15, 0.2) is 4.99 Å². The van der Waals surface area contributed by atoms with Gasteiger partial charge in [-0.3, -0.25) is 4.99 Å². The third-order valence-corrected chi connectivity index (χ3v) is 3.78. The Morgan fingerprint density at radius 1 is 1.04 bits per heavy atom. The fourth-order valence-corrected chi connectivity index (χ4v) is 2.58. The Kier molecular flexibility index (Phi) is 16.7. The van der Waals surface area contributed by atoms with Gasteiger partial charge in [0.25, 0.3) is 0 Å². The van der Waals surface area contributed by atoms with Crippen LogP contribution in [-0.4, -0.2) is 51.5 Å². The number of unbranched alkanes of at least 4 members (excludes halogenated alkanes) is 1. The van der Waals surface area contributed by atoms with Crippen molar-refractivity contribution in [3.8, 4) is 0 Å². The summed E-state index contributed by atoms with van der Waals surface area (Å²) in [6.45, 7) is 9.27. The van der Waals surface area contributed by atoms with Gasteiger partial charge in [-0.05, 0) is 46.0 Å². The van der Waals surface area contributed by atoms with Crippen LogP contribution in [0.25, 0.3) is 0 Å². The molecule has 0 radical (unpaired) electrons. The lowest BCUT2D eigenvalue weighted by Gasteiger charge is -2.12. The van der Waals surface area contributed by atoms with Gasteiger partial charge in [0, 0.05) is 39.5 Å². The van der Waals surface area contributed by atoms with Crippen LogP contribution in [0.2, 0.25) is 0 Å². The van der Waals surface area contributed by atoms with Gasteiger partial charge in [-0.1, -0.05) is 12.8 Å². The minimum Gasteiger partial charge on any atom is -0.382 e. The third-order valence-electron chi connectivity index (χ3n) is 3.78. The summed E-state index contributed by atoms with van der Waals surface area (Å²) >= 11 is 0. The first-order valence-corrected chi connectivity index (χ1v) is 9.08. The molecule has 0 unspecified atom stereocenters. The van der Waals surface area contributed by atoms with Gasteiger partial charge >= 0.3 is 0 Å². The molecular weight excluding hydrogens is 405 g/mol. The molecule has 138 valence electrons. The summed E-state index contributed by atoms with van der Waals surface area (Å²) in [5.74, 6) is 0.916. The van der Waals surface area contributed by atoms with Gasteiger partial charge in [0.15, 0.2) is 5.96 Å². The van der Waals surface area contributed by atoms with Crippen molar-refractivity contribution < 1.29 is 9.47 Å². The molecule has 0 aromatic heterocycles. The van der Waals surface area contributed by atoms with Crippen LogP contribution in [0.3, 0.4) is 0 Å². The molecular formula is C17H36IN3O2. The second-order valence-corrected chi connectivity index (χ2v) is 5.72. The molecule has 1 aliphatic rings. The summed E-state index contributed by atoms with van der Waals surface area (Å²) in [7, 11) is 0. The second kappa shape index (κ2) is 16.8. The van der Waals surface area contributed by atoms with E-state index in [1.807, 2.05) is 6.92 Å². The number of nitrogens with zero attached hydrogens (tertiary/aromatic N) is 1. The molecule has 1 rings (SSSR count). The van der Waals surface area contributed by atoms with E-state index < -0.39 is 0 Å². The molecule has 0 atom stereocenters. The SMILES string of the molecule is CCNC(=NCCCOC1CCCC1)NCCCCOCC.I. The van der Waals surface area contributed by atoms with E-state index in [9.17, 15) is 0 Å². The van der Waals surface area contributed by atoms with Gasteiger partial charge in [-0.2, -0.15) is 0 Å². The van der Waals surface area contributed by atoms with Gasteiger partial charge in [0.2, 0.25) is 0 Å². The lowest BCUT2D eigenvalue weighted by molar-refractivity contribution is 0.0579. The normalized spacial score (nSPS) is 15.5. The average molecular weight is 441 g/mol. The molecule has 0 heterocycles. The summed E-state index contributed by atoms with van der Waals surface area (Å²) in [6.07, 6.45) is 8.87. The topological polar surface area (TPSA) is 54.9 Å². The predicted molar refractivity (Wildman–Crippen MR) is 108 cm³/mol. The molecule has 1 aliphatic carbocycles. The largest absolute Gasteiger partial charge is 0.382 e. The minimum atomic E-state index is 0. The Morgan fingerprint density at radius 3 is 2.52 bits per heavy atom. The van der Waals surface area contributed by atoms with Crippen LogP contribution in [0.4, 0.5) is 0 Å². The Labute approximate surface area is 159 Å². The van der Waals surface area contributed by atoms with Crippen molar-refractivity contribution in [2.24, 2.45) is 4.99 Å². The van der Waals surface area contributed by atoms with Gasteiger partial charge < -0.3 is 20.1 Å². The number of hydrogen-bond donors (Lipinski definition) is 2. The standard InChI is InChI=1S/C17H35N3O2.HI/c1-3-18-17(19-12-7-8-14-21-4-2)20-13-9-15-22-16-10-5-6-11-16;/h16H,3-15H2,1-2H3,(H2,18,19,20);1H. The highest BCUT2D eigenvalue weighted by Crippen LogP contribution is 2.20. The van der Waals surface area contributed by atoms with Crippen molar-refractivity contribution in [1.82, 2.24) is 10.6 Å². The Hall–Kier alpha value is -0.0800. The Balaban J connectivity index is 0.00000484. The summed E-state index contributed by atoms with van der Waals surface area (Å²) < 4.78 is 11.2. The number of guanidine groups is 1. The van der Waals surface area contributed by atoms with Crippen molar-refractivity contribution in [3.63, 3.8) is 0 Å². The van der Waals surface area contributed by atoms with Gasteiger partial charge in [0.05, 0.1) is 6.10 Å². The molecule has 6 heteroatoms. The fourth-order valence-electron chi connectivity index (χ4n) is 2.58. The van der Waals surface area contributed by atoms with E-state index in [-0.39, 0.29) is 24.0 Å². The molecule has 0 bridgehead atoms. The maximum atomic E-state index is 5.86. The molecule has 0 aromatic carbocycles. The monoisotopic (exact) mass is 441 g/mol. The van der Waals surface area contributed by atoms with Gasteiger partial charge in [-0.15, -0.1) is 24.0 Å². The Morgan fingerprint density at radius 2 is 1.83 bits per heavy atom. The molecule has 2 N–H and O–H groups in total. The van der Waals surface area contributed by atoms with Crippen LogP contribution >= 0.6 is 24.0 Å². The zero-order valence-electron chi connectivity index (χ0n) is 14.9. The molecule has 23 heavy (non-hydrogen) atoms. The van der Waals surface area contributed by atoms with Crippen molar-refractivity contribution in [3.05, 3.63) is 0 Å². The number of halogens is 1. The summed E-state index contributed by atoms with van der Waals surface area (Å²) in [6, 6.07) is 0. The predicted octanol–water partition coefficient (Wildman–Crippen LogP) is 3.33. The zero-order chi connectivity index (χ0) is 15.9. The van der Waals surface area contributed by atoms with Crippen molar-refractivity contribution >= 4 is 29.9 Å². The highest BCUT2D eigenvalue weighted by atomic mass is 127. The van der Waals surface area contributed by atoms with Crippen LogP contribution in [0.1, 0.15) is 58.8 Å². The van der Waals surface area contributed by atoms with E-state index >= 15 is 0 Å². The molecule has 1 fully saturated rings. The summed E-state index contributed by atoms with van der Waals surface area (Å²) in [5, 5.41) is 6.66. The minimum absolute atomic E-state index is 0. The number of aliphatic imine (C=N–C) groups is 1. The molecule has 0 spiro atoms. The molecule has 0 amide bonds. The van der Waals surface area contributed by atoms with Crippen LogP contribution < -0.4 is 10.6 Å². The van der Waals surface area contributed by atoms with Crippen LogP contribution in [-0.2, 0) is 9.47 Å². The zero-order valence-corrected chi connectivity index (χ0v) is 17.3. The van der Waals surface area contributed by atoms with E-state index in [2.05, 4.69) is 22.5 Å². The number of nitrogens with one attached hydrogen (secondary N) is 2. The Bertz CT molecular complexity index is 285. The number of rotatable bonds is 12. The van der Waals surface area contributed by atoms with E-state index in [4.69, 9.17) is 9.47 Å². The van der Waals surface area contributed by atoms with E-state index in [0.717, 1.165) is 64.7 Å². The van der Waals surface area contributed by atoms with Crippen molar-refractivity contribution in [2.75, 3.05) is 39.5 Å². The smallest absolute Gasteiger partial charge is 0.191 e. The van der Waals surface area contributed by atoms with Crippen LogP contribution in [0.5, 0.6) is 0 Å². The van der Waals surface area contributed by atoms with E-state index in [0.29, 0.717) is 6.10 Å². The fraction of sp³-hybridized carbons (Fsp3) is 0.941. The number of ether oxygens (including phenoxy) is 2. The second-order valence-electron chi connectivity index (χ2n) is 5.72. The lowest BCUT2D eigenvalue weighted by atomic mass is 10.3. The first-order chi connectivity index (χ1) is 10.9. The summed E-state index contributed by atoms with van der Waals surface area (Å²) in [4.78, 5) is 4.59. The first kappa shape index (κ1) is 22.9. The highest BCUT2D eigenvalue weighted by molar-refractivity contribution is 14.0. The lowest BCUT2D eigenvalue weighted by Crippen LogP contribution is -2.38. The molecule has 0 saturated heterocycles. The molecule has 0 aromatic rings. The van der Waals surface area contributed by atoms with Crippen LogP contribution in [0, 0.1) is 0 Å². The first-order valence-electron chi connectivity index (χ1n) is 9.08. The third kappa shape index (κ3) is 12.9.